The molecule has 2 aromatic rings. The third kappa shape index (κ3) is 1.55. The molecule has 0 radical (unpaired) electrons. The highest BCUT2D eigenvalue weighted by molar-refractivity contribution is 9.10. The van der Waals surface area contributed by atoms with Crippen LogP contribution in [0.3, 0.4) is 0 Å². The van der Waals surface area contributed by atoms with E-state index in [0.29, 0.717) is 10.9 Å². The highest BCUT2D eigenvalue weighted by Crippen LogP contribution is 2.40. The lowest BCUT2D eigenvalue weighted by Gasteiger charge is -2.08. The quantitative estimate of drug-likeness (QED) is 0.687. The van der Waals surface area contributed by atoms with Crippen molar-refractivity contribution in [3.05, 3.63) is 34.4 Å². The van der Waals surface area contributed by atoms with E-state index in [1.165, 1.54) is 7.05 Å². The molecule has 0 fully saturated rings. The van der Waals surface area contributed by atoms with E-state index in [0.717, 1.165) is 4.57 Å². The van der Waals surface area contributed by atoms with Gasteiger partial charge in [-0.1, -0.05) is 18.2 Å². The van der Waals surface area contributed by atoms with E-state index in [-0.39, 0.29) is 4.47 Å². The van der Waals surface area contributed by atoms with Gasteiger partial charge in [0.25, 0.3) is 0 Å². The molecule has 1 aromatic carbocycles. The molecule has 0 saturated heterocycles. The summed E-state index contributed by atoms with van der Waals surface area (Å²) in [7, 11) is 1.41. The highest BCUT2D eigenvalue weighted by Gasteiger charge is 2.37. The highest BCUT2D eigenvalue weighted by atomic mass is 79.9. The lowest BCUT2D eigenvalue weighted by molar-refractivity contribution is -0.143. The summed E-state index contributed by atoms with van der Waals surface area (Å²) in [6.45, 7) is 0. The summed E-state index contributed by atoms with van der Waals surface area (Å²) >= 11 is 3.00. The number of benzene rings is 1. The van der Waals surface area contributed by atoms with E-state index in [9.17, 15) is 13.2 Å². The van der Waals surface area contributed by atoms with Gasteiger partial charge in [0.05, 0.1) is 4.47 Å². The Hall–Kier alpha value is -0.970. The maximum Gasteiger partial charge on any atom is 0.432 e. The van der Waals surface area contributed by atoms with Crippen molar-refractivity contribution in [2.75, 3.05) is 0 Å². The Morgan fingerprint density at radius 2 is 1.80 bits per heavy atom. The first-order valence-electron chi connectivity index (χ1n) is 4.23. The van der Waals surface area contributed by atoms with Crippen molar-refractivity contribution in [1.29, 1.82) is 0 Å². The number of para-hydroxylation sites is 1. The normalized spacial score (nSPS) is 12.3. The standard InChI is InChI=1S/C10H7BrF3N/c1-15-7-5-3-2-4-6(7)8(11)9(15)10(12,13)14/h2-5H,1H3. The first kappa shape index (κ1) is 10.5. The summed E-state index contributed by atoms with van der Waals surface area (Å²) in [6.07, 6.45) is -4.34. The summed E-state index contributed by atoms with van der Waals surface area (Å²) < 4.78 is 39.3. The van der Waals surface area contributed by atoms with Crippen LogP contribution in [0.5, 0.6) is 0 Å². The third-order valence-electron chi connectivity index (χ3n) is 2.31. The molecule has 0 aliphatic rings. The van der Waals surface area contributed by atoms with Crippen LogP contribution in [-0.2, 0) is 13.2 Å². The second kappa shape index (κ2) is 3.27. The topological polar surface area (TPSA) is 4.93 Å². The molecular weight excluding hydrogens is 271 g/mol. The Bertz CT molecular complexity index is 474. The fraction of sp³-hybridized carbons (Fsp3) is 0.200. The molecule has 0 amide bonds. The zero-order chi connectivity index (χ0) is 11.2. The van der Waals surface area contributed by atoms with Gasteiger partial charge in [-0.2, -0.15) is 13.2 Å². The van der Waals surface area contributed by atoms with Crippen molar-refractivity contribution in [1.82, 2.24) is 4.57 Å². The van der Waals surface area contributed by atoms with Crippen LogP contribution in [0.15, 0.2) is 28.7 Å². The van der Waals surface area contributed by atoms with Gasteiger partial charge in [-0.25, -0.2) is 0 Å². The first-order chi connectivity index (χ1) is 6.93. The van der Waals surface area contributed by atoms with Gasteiger partial charge in [-0.05, 0) is 22.0 Å². The number of halogens is 4. The molecule has 5 heteroatoms. The first-order valence-corrected chi connectivity index (χ1v) is 5.02. The van der Waals surface area contributed by atoms with Crippen molar-refractivity contribution in [2.24, 2.45) is 7.05 Å². The summed E-state index contributed by atoms with van der Waals surface area (Å²) in [6, 6.07) is 6.76. The minimum absolute atomic E-state index is 0.105. The Labute approximate surface area is 92.6 Å². The van der Waals surface area contributed by atoms with Crippen LogP contribution >= 0.6 is 15.9 Å². The van der Waals surface area contributed by atoms with Gasteiger partial charge in [0.1, 0.15) is 5.69 Å². The van der Waals surface area contributed by atoms with Crippen LogP contribution in [-0.4, -0.2) is 4.57 Å². The minimum Gasteiger partial charge on any atom is -0.339 e. The molecule has 0 unspecified atom stereocenters. The van der Waals surface area contributed by atoms with Crippen molar-refractivity contribution >= 4 is 26.8 Å². The van der Waals surface area contributed by atoms with Crippen LogP contribution in [0.4, 0.5) is 13.2 Å². The summed E-state index contributed by atoms with van der Waals surface area (Å²) in [4.78, 5) is 0. The van der Waals surface area contributed by atoms with Crippen LogP contribution in [0.25, 0.3) is 10.9 Å². The predicted molar refractivity (Wildman–Crippen MR) is 55.6 cm³/mol. The number of aromatic nitrogens is 1. The summed E-state index contributed by atoms with van der Waals surface area (Å²) in [5.74, 6) is 0. The number of hydrogen-bond acceptors (Lipinski definition) is 0. The average Bonchev–Trinajstić information content (AvgIpc) is 2.39. The Kier molecular flexibility index (Phi) is 2.30. The maximum atomic E-state index is 12.7. The van der Waals surface area contributed by atoms with Crippen molar-refractivity contribution in [3.63, 3.8) is 0 Å². The summed E-state index contributed by atoms with van der Waals surface area (Å²) in [5.41, 5.74) is -0.0830. The smallest absolute Gasteiger partial charge is 0.339 e. The van der Waals surface area contributed by atoms with E-state index in [4.69, 9.17) is 0 Å². The van der Waals surface area contributed by atoms with Crippen molar-refractivity contribution < 1.29 is 13.2 Å². The minimum atomic E-state index is -4.34. The average molecular weight is 278 g/mol. The predicted octanol–water partition coefficient (Wildman–Crippen LogP) is 3.96. The number of nitrogens with zero attached hydrogens (tertiary/aromatic N) is 1. The molecule has 0 N–H and O–H groups in total. The Morgan fingerprint density at radius 1 is 1.20 bits per heavy atom. The number of hydrogen-bond donors (Lipinski definition) is 0. The van der Waals surface area contributed by atoms with Crippen LogP contribution in [0.2, 0.25) is 0 Å². The molecule has 80 valence electrons. The second-order valence-corrected chi connectivity index (χ2v) is 4.03. The monoisotopic (exact) mass is 277 g/mol. The van der Waals surface area contributed by atoms with Crippen LogP contribution < -0.4 is 0 Å². The Morgan fingerprint density at radius 3 is 2.33 bits per heavy atom. The molecule has 0 atom stereocenters. The van der Waals surface area contributed by atoms with Gasteiger partial charge in [0.2, 0.25) is 0 Å². The maximum absolute atomic E-state index is 12.7. The van der Waals surface area contributed by atoms with Crippen LogP contribution in [0.1, 0.15) is 5.69 Å². The van der Waals surface area contributed by atoms with Gasteiger partial charge in [-0.3, -0.25) is 0 Å². The zero-order valence-corrected chi connectivity index (χ0v) is 9.35. The fourth-order valence-corrected chi connectivity index (χ4v) is 2.49. The lowest BCUT2D eigenvalue weighted by atomic mass is 10.2. The fourth-order valence-electron chi connectivity index (χ4n) is 1.66. The van der Waals surface area contributed by atoms with Gasteiger partial charge in [-0.15, -0.1) is 0 Å². The van der Waals surface area contributed by atoms with Crippen LogP contribution in [0, 0.1) is 0 Å². The van der Waals surface area contributed by atoms with Gasteiger partial charge < -0.3 is 4.57 Å². The SMILES string of the molecule is Cn1c(C(F)(F)F)c(Br)c2ccccc21. The van der Waals surface area contributed by atoms with Gasteiger partial charge in [0.15, 0.2) is 0 Å². The zero-order valence-electron chi connectivity index (χ0n) is 7.77. The molecule has 0 aliphatic heterocycles. The van der Waals surface area contributed by atoms with Crippen molar-refractivity contribution in [3.8, 4) is 0 Å². The molecule has 1 aromatic heterocycles. The molecule has 1 heterocycles. The molecule has 2 rings (SSSR count). The van der Waals surface area contributed by atoms with E-state index in [2.05, 4.69) is 15.9 Å². The molecule has 0 spiro atoms. The lowest BCUT2D eigenvalue weighted by Crippen LogP contribution is -2.11. The van der Waals surface area contributed by atoms with E-state index in [1.54, 1.807) is 24.3 Å². The number of fused-ring (bicyclic) bond motifs is 1. The number of alkyl halides is 3. The molecule has 0 aliphatic carbocycles. The molecule has 1 nitrogen and oxygen atoms in total. The molecule has 0 saturated carbocycles. The molecule has 0 bridgehead atoms. The molecular formula is C10H7BrF3N. The van der Waals surface area contributed by atoms with Gasteiger partial charge in [0, 0.05) is 18.0 Å². The van der Waals surface area contributed by atoms with Crippen molar-refractivity contribution in [2.45, 2.75) is 6.18 Å². The largest absolute Gasteiger partial charge is 0.432 e. The number of aryl methyl sites for hydroxylation is 1. The van der Waals surface area contributed by atoms with E-state index >= 15 is 0 Å². The van der Waals surface area contributed by atoms with E-state index < -0.39 is 11.9 Å². The number of rotatable bonds is 0. The third-order valence-corrected chi connectivity index (χ3v) is 3.12. The van der Waals surface area contributed by atoms with E-state index in [1.807, 2.05) is 0 Å². The molecule has 15 heavy (non-hydrogen) atoms. The second-order valence-electron chi connectivity index (χ2n) is 3.24. The van der Waals surface area contributed by atoms with Gasteiger partial charge >= 0.3 is 6.18 Å². The Balaban J connectivity index is 2.87. The summed E-state index contributed by atoms with van der Waals surface area (Å²) in [5, 5.41) is 0.576.